The number of carbonyl (C=O) groups is 2. The molecule has 5 nitrogen and oxygen atoms in total. The molecule has 2 amide bonds. The van der Waals surface area contributed by atoms with E-state index in [-0.39, 0.29) is 36.8 Å². The second-order valence-corrected chi connectivity index (χ2v) is 5.47. The van der Waals surface area contributed by atoms with E-state index in [2.05, 4.69) is 16.6 Å². The Kier molecular flexibility index (Phi) is 7.10. The molecule has 0 aromatic heterocycles. The number of aliphatic hydroxyl groups is 1. The van der Waals surface area contributed by atoms with Crippen molar-refractivity contribution >= 4 is 11.8 Å². The molecule has 0 radical (unpaired) electrons. The third-order valence-corrected chi connectivity index (χ3v) is 3.93. The Morgan fingerprint density at radius 1 is 1.15 bits per heavy atom. The lowest BCUT2D eigenvalue weighted by Gasteiger charge is -2.37. The summed E-state index contributed by atoms with van der Waals surface area (Å²) >= 11 is 0. The topological polar surface area (TPSA) is 78.4 Å². The van der Waals surface area contributed by atoms with Crippen LogP contribution in [0.3, 0.4) is 0 Å². The number of hydrogen-bond acceptors (Lipinski definition) is 3. The zero-order chi connectivity index (χ0) is 14.8. The smallest absolute Gasteiger partial charge is 0.230 e. The van der Waals surface area contributed by atoms with Gasteiger partial charge in [0.2, 0.25) is 11.8 Å². The molecule has 0 atom stereocenters. The van der Waals surface area contributed by atoms with E-state index in [0.717, 1.165) is 25.7 Å². The molecule has 5 heteroatoms. The normalized spacial score (nSPS) is 17.0. The lowest BCUT2D eigenvalue weighted by Crippen LogP contribution is -2.41. The van der Waals surface area contributed by atoms with E-state index < -0.39 is 0 Å². The summed E-state index contributed by atoms with van der Waals surface area (Å²) in [5, 5.41) is 14.5. The van der Waals surface area contributed by atoms with Crippen molar-refractivity contribution in [1.29, 1.82) is 0 Å². The number of hydrogen-bond donors (Lipinski definition) is 3. The lowest BCUT2D eigenvalue weighted by atomic mass is 9.72. The standard InChI is InChI=1S/C15H24N2O3/c1-2-9-16-13(19)11-14(20)17-12-15(8-10-18)6-4-3-5-7-15/h1,18H,3-12H2,(H,16,19)(H,17,20). The largest absolute Gasteiger partial charge is 0.396 e. The summed E-state index contributed by atoms with van der Waals surface area (Å²) in [6, 6.07) is 0. The molecule has 0 spiro atoms. The van der Waals surface area contributed by atoms with Crippen LogP contribution in [0.2, 0.25) is 0 Å². The molecule has 1 rings (SSSR count). The van der Waals surface area contributed by atoms with E-state index in [0.29, 0.717) is 13.0 Å². The Morgan fingerprint density at radius 2 is 1.80 bits per heavy atom. The molecule has 112 valence electrons. The average molecular weight is 280 g/mol. The van der Waals surface area contributed by atoms with E-state index >= 15 is 0 Å². The highest BCUT2D eigenvalue weighted by Crippen LogP contribution is 2.38. The quantitative estimate of drug-likeness (QED) is 0.471. The maximum Gasteiger partial charge on any atom is 0.230 e. The number of aliphatic hydroxyl groups excluding tert-OH is 1. The summed E-state index contributed by atoms with van der Waals surface area (Å²) in [5.41, 5.74) is -0.00203. The van der Waals surface area contributed by atoms with Crippen molar-refractivity contribution < 1.29 is 14.7 Å². The Morgan fingerprint density at radius 3 is 2.40 bits per heavy atom. The van der Waals surface area contributed by atoms with Gasteiger partial charge in [-0.1, -0.05) is 25.2 Å². The van der Waals surface area contributed by atoms with Gasteiger partial charge >= 0.3 is 0 Å². The minimum absolute atomic E-state index is 0.00203. The van der Waals surface area contributed by atoms with E-state index in [1.54, 1.807) is 0 Å². The molecular formula is C15H24N2O3. The van der Waals surface area contributed by atoms with Crippen molar-refractivity contribution in [2.45, 2.75) is 44.9 Å². The molecule has 1 fully saturated rings. The van der Waals surface area contributed by atoms with Crippen LogP contribution in [-0.4, -0.2) is 36.6 Å². The van der Waals surface area contributed by atoms with Gasteiger partial charge in [0.15, 0.2) is 0 Å². The molecule has 1 saturated carbocycles. The zero-order valence-electron chi connectivity index (χ0n) is 11.9. The van der Waals surface area contributed by atoms with Crippen LogP contribution in [0.5, 0.6) is 0 Å². The van der Waals surface area contributed by atoms with Crippen molar-refractivity contribution in [1.82, 2.24) is 10.6 Å². The van der Waals surface area contributed by atoms with Gasteiger partial charge in [-0.05, 0) is 24.7 Å². The molecule has 0 unspecified atom stereocenters. The van der Waals surface area contributed by atoms with Crippen molar-refractivity contribution in [3.63, 3.8) is 0 Å². The van der Waals surface area contributed by atoms with Gasteiger partial charge in [-0.15, -0.1) is 6.42 Å². The molecule has 0 aromatic rings. The maximum absolute atomic E-state index is 11.7. The van der Waals surface area contributed by atoms with E-state index in [9.17, 15) is 14.7 Å². The third-order valence-electron chi connectivity index (χ3n) is 3.93. The van der Waals surface area contributed by atoms with Crippen LogP contribution in [0, 0.1) is 17.8 Å². The van der Waals surface area contributed by atoms with Gasteiger partial charge in [-0.3, -0.25) is 9.59 Å². The second kappa shape index (κ2) is 8.60. The van der Waals surface area contributed by atoms with E-state index in [1.165, 1.54) is 6.42 Å². The van der Waals surface area contributed by atoms with Gasteiger partial charge in [-0.25, -0.2) is 0 Å². The molecule has 3 N–H and O–H groups in total. The SMILES string of the molecule is C#CCNC(=O)CC(=O)NCC1(CCO)CCCCC1. The Labute approximate surface area is 120 Å². The number of terminal acetylenes is 1. The second-order valence-electron chi connectivity index (χ2n) is 5.47. The van der Waals surface area contributed by atoms with Crippen molar-refractivity contribution in [3.05, 3.63) is 0 Å². The molecule has 0 bridgehead atoms. The lowest BCUT2D eigenvalue weighted by molar-refractivity contribution is -0.129. The highest BCUT2D eigenvalue weighted by atomic mass is 16.3. The average Bonchev–Trinajstić information content (AvgIpc) is 2.44. The van der Waals surface area contributed by atoms with Crippen molar-refractivity contribution in [2.24, 2.45) is 5.41 Å². The third kappa shape index (κ3) is 5.62. The molecule has 0 aliphatic heterocycles. The summed E-state index contributed by atoms with van der Waals surface area (Å²) < 4.78 is 0. The molecule has 1 aliphatic rings. The molecule has 20 heavy (non-hydrogen) atoms. The van der Waals surface area contributed by atoms with Crippen LogP contribution >= 0.6 is 0 Å². The van der Waals surface area contributed by atoms with Gasteiger partial charge in [0.1, 0.15) is 6.42 Å². The van der Waals surface area contributed by atoms with Gasteiger partial charge in [-0.2, -0.15) is 0 Å². The number of carbonyl (C=O) groups excluding carboxylic acids is 2. The van der Waals surface area contributed by atoms with Crippen LogP contribution in [0.4, 0.5) is 0 Å². The summed E-state index contributed by atoms with van der Waals surface area (Å²) in [4.78, 5) is 23.1. The van der Waals surface area contributed by atoms with Gasteiger partial charge in [0.25, 0.3) is 0 Å². The molecule has 0 saturated heterocycles. The zero-order valence-corrected chi connectivity index (χ0v) is 11.9. The first-order valence-electron chi connectivity index (χ1n) is 7.20. The van der Waals surface area contributed by atoms with E-state index in [4.69, 9.17) is 6.42 Å². The summed E-state index contributed by atoms with van der Waals surface area (Å²) in [7, 11) is 0. The first-order valence-corrected chi connectivity index (χ1v) is 7.20. The monoisotopic (exact) mass is 280 g/mol. The predicted molar refractivity (Wildman–Crippen MR) is 76.7 cm³/mol. The molecular weight excluding hydrogens is 256 g/mol. The first-order chi connectivity index (χ1) is 9.62. The predicted octanol–water partition coefficient (Wildman–Crippen LogP) is 0.575. The summed E-state index contributed by atoms with van der Waals surface area (Å²) in [6.07, 6.45) is 11.1. The highest BCUT2D eigenvalue weighted by molar-refractivity contribution is 5.96. The minimum Gasteiger partial charge on any atom is -0.396 e. The summed E-state index contributed by atoms with van der Waals surface area (Å²) in [6.45, 7) is 0.813. The maximum atomic E-state index is 11.7. The fourth-order valence-electron chi connectivity index (χ4n) is 2.76. The molecule has 0 heterocycles. The fraction of sp³-hybridized carbons (Fsp3) is 0.733. The van der Waals surface area contributed by atoms with Crippen LogP contribution in [0.15, 0.2) is 0 Å². The highest BCUT2D eigenvalue weighted by Gasteiger charge is 2.31. The molecule has 0 aromatic carbocycles. The first kappa shape index (κ1) is 16.5. The number of rotatable bonds is 7. The van der Waals surface area contributed by atoms with Gasteiger partial charge in [0, 0.05) is 13.2 Å². The minimum atomic E-state index is -0.361. The Bertz CT molecular complexity index is 362. The Balaban J connectivity index is 2.37. The van der Waals surface area contributed by atoms with Crippen molar-refractivity contribution in [2.75, 3.05) is 19.7 Å². The van der Waals surface area contributed by atoms with E-state index in [1.807, 2.05) is 0 Å². The van der Waals surface area contributed by atoms with Gasteiger partial charge < -0.3 is 15.7 Å². The fourth-order valence-corrected chi connectivity index (χ4v) is 2.76. The van der Waals surface area contributed by atoms with Crippen LogP contribution < -0.4 is 10.6 Å². The van der Waals surface area contributed by atoms with Gasteiger partial charge in [0.05, 0.1) is 6.54 Å². The van der Waals surface area contributed by atoms with Crippen molar-refractivity contribution in [3.8, 4) is 12.3 Å². The number of amides is 2. The summed E-state index contributed by atoms with van der Waals surface area (Å²) in [5.74, 6) is 1.64. The van der Waals surface area contributed by atoms with Crippen LogP contribution in [0.25, 0.3) is 0 Å². The van der Waals surface area contributed by atoms with Crippen LogP contribution in [-0.2, 0) is 9.59 Å². The Hall–Kier alpha value is -1.54. The number of nitrogens with one attached hydrogen (secondary N) is 2. The molecule has 1 aliphatic carbocycles. The van der Waals surface area contributed by atoms with Crippen LogP contribution in [0.1, 0.15) is 44.9 Å².